The van der Waals surface area contributed by atoms with Crippen LogP contribution in [0.1, 0.15) is 57.6 Å². The van der Waals surface area contributed by atoms with Crippen LogP contribution in [-0.4, -0.2) is 6.61 Å². The van der Waals surface area contributed by atoms with Crippen molar-refractivity contribution in [1.82, 2.24) is 0 Å². The second kappa shape index (κ2) is 8.36. The van der Waals surface area contributed by atoms with Gasteiger partial charge in [0.15, 0.2) is 5.75 Å². The first-order valence-corrected chi connectivity index (χ1v) is 7.91. The Bertz CT molecular complexity index is 595. The van der Waals surface area contributed by atoms with E-state index in [-0.39, 0.29) is 5.76 Å². The number of nitriles is 1. The summed E-state index contributed by atoms with van der Waals surface area (Å²) in [6.07, 6.45) is 8.74. The first-order chi connectivity index (χ1) is 10.4. The molecule has 0 aliphatic carbocycles. The lowest BCUT2D eigenvalue weighted by atomic mass is 10.1. The molecule has 1 heterocycles. The molecule has 1 aromatic heterocycles. The Labute approximate surface area is 126 Å². The smallest absolute Gasteiger partial charge is 0.246 e. The fourth-order valence-electron chi connectivity index (χ4n) is 2.47. The Morgan fingerprint density at radius 1 is 1.05 bits per heavy atom. The van der Waals surface area contributed by atoms with Crippen molar-refractivity contribution >= 4 is 11.0 Å². The Balaban J connectivity index is 1.80. The Hall–Kier alpha value is -1.95. The van der Waals surface area contributed by atoms with Gasteiger partial charge in [0, 0.05) is 0 Å². The number of nitrogens with zero attached hydrogens (tertiary/aromatic N) is 1. The summed E-state index contributed by atoms with van der Waals surface area (Å²) in [5, 5.41) is 10.0. The van der Waals surface area contributed by atoms with Crippen molar-refractivity contribution in [3.63, 3.8) is 0 Å². The van der Waals surface area contributed by atoms with Crippen molar-refractivity contribution < 1.29 is 9.15 Å². The molecule has 0 aliphatic heterocycles. The van der Waals surface area contributed by atoms with Crippen molar-refractivity contribution in [1.29, 1.82) is 5.26 Å². The molecule has 0 radical (unpaired) electrons. The van der Waals surface area contributed by atoms with Crippen molar-refractivity contribution in [2.75, 3.05) is 6.61 Å². The largest absolute Gasteiger partial charge is 0.488 e. The SMILES string of the molecule is CCCCCCCCCOc1c(C#N)oc2ccccc12. The summed E-state index contributed by atoms with van der Waals surface area (Å²) >= 11 is 0. The summed E-state index contributed by atoms with van der Waals surface area (Å²) in [5.74, 6) is 0.873. The molecular formula is C18H23NO2. The van der Waals surface area contributed by atoms with Crippen LogP contribution in [0, 0.1) is 11.3 Å². The maximum Gasteiger partial charge on any atom is 0.246 e. The maximum absolute atomic E-state index is 9.12. The van der Waals surface area contributed by atoms with Crippen LogP contribution in [0.2, 0.25) is 0 Å². The van der Waals surface area contributed by atoms with Gasteiger partial charge in [-0.3, -0.25) is 0 Å². The Morgan fingerprint density at radius 3 is 2.52 bits per heavy atom. The van der Waals surface area contributed by atoms with Crippen LogP contribution >= 0.6 is 0 Å². The molecule has 3 nitrogen and oxygen atoms in total. The van der Waals surface area contributed by atoms with Gasteiger partial charge in [-0.2, -0.15) is 5.26 Å². The zero-order chi connectivity index (χ0) is 14.9. The summed E-state index contributed by atoms with van der Waals surface area (Å²) in [6.45, 7) is 2.88. The van der Waals surface area contributed by atoms with E-state index in [1.165, 1.54) is 38.5 Å². The van der Waals surface area contributed by atoms with Gasteiger partial charge in [-0.15, -0.1) is 0 Å². The minimum absolute atomic E-state index is 0.277. The molecule has 0 fully saturated rings. The Kier molecular flexibility index (Phi) is 6.15. The molecule has 0 aliphatic rings. The highest BCUT2D eigenvalue weighted by atomic mass is 16.5. The summed E-state index contributed by atoms with van der Waals surface area (Å²) < 4.78 is 11.3. The van der Waals surface area contributed by atoms with E-state index in [1.807, 2.05) is 24.3 Å². The lowest BCUT2D eigenvalue weighted by Gasteiger charge is -2.04. The molecule has 0 saturated heterocycles. The van der Waals surface area contributed by atoms with Gasteiger partial charge in [0.25, 0.3) is 0 Å². The highest BCUT2D eigenvalue weighted by Gasteiger charge is 2.14. The molecule has 0 amide bonds. The predicted octanol–water partition coefficient (Wildman–Crippen LogP) is 5.43. The van der Waals surface area contributed by atoms with E-state index in [2.05, 4.69) is 13.0 Å². The number of para-hydroxylation sites is 1. The molecule has 2 rings (SSSR count). The Morgan fingerprint density at radius 2 is 1.76 bits per heavy atom. The second-order valence-corrected chi connectivity index (χ2v) is 5.34. The van der Waals surface area contributed by atoms with Crippen LogP contribution in [0.4, 0.5) is 0 Å². The third kappa shape index (κ3) is 4.26. The zero-order valence-corrected chi connectivity index (χ0v) is 12.7. The molecule has 0 spiro atoms. The van der Waals surface area contributed by atoms with Crippen LogP contribution in [0.5, 0.6) is 5.75 Å². The van der Waals surface area contributed by atoms with Crippen LogP contribution in [-0.2, 0) is 0 Å². The molecule has 3 heteroatoms. The molecular weight excluding hydrogens is 262 g/mol. The fourth-order valence-corrected chi connectivity index (χ4v) is 2.47. The molecule has 0 N–H and O–H groups in total. The zero-order valence-electron chi connectivity index (χ0n) is 12.7. The van der Waals surface area contributed by atoms with Crippen LogP contribution < -0.4 is 4.74 Å². The number of hydrogen-bond donors (Lipinski definition) is 0. The van der Waals surface area contributed by atoms with Gasteiger partial charge in [-0.1, -0.05) is 57.6 Å². The van der Waals surface area contributed by atoms with E-state index >= 15 is 0 Å². The topological polar surface area (TPSA) is 46.2 Å². The molecule has 112 valence electrons. The summed E-state index contributed by atoms with van der Waals surface area (Å²) in [5.41, 5.74) is 0.712. The number of ether oxygens (including phenoxy) is 1. The standard InChI is InChI=1S/C18H23NO2/c1-2-3-4-5-6-7-10-13-20-18-15-11-8-9-12-16(15)21-17(18)14-19/h8-9,11-12H,2-7,10,13H2,1H3. The number of hydrogen-bond acceptors (Lipinski definition) is 3. The highest BCUT2D eigenvalue weighted by molar-refractivity contribution is 5.86. The number of rotatable bonds is 9. The van der Waals surface area contributed by atoms with E-state index < -0.39 is 0 Å². The van der Waals surface area contributed by atoms with Crippen molar-refractivity contribution in [2.24, 2.45) is 0 Å². The minimum atomic E-state index is 0.277. The maximum atomic E-state index is 9.12. The average molecular weight is 285 g/mol. The number of furan rings is 1. The van der Waals surface area contributed by atoms with Crippen molar-refractivity contribution in [3.05, 3.63) is 30.0 Å². The highest BCUT2D eigenvalue weighted by Crippen LogP contribution is 2.32. The molecule has 0 atom stereocenters. The molecule has 0 unspecified atom stereocenters. The van der Waals surface area contributed by atoms with Crippen LogP contribution in [0.3, 0.4) is 0 Å². The van der Waals surface area contributed by atoms with Gasteiger partial charge >= 0.3 is 0 Å². The second-order valence-electron chi connectivity index (χ2n) is 5.34. The summed E-state index contributed by atoms with van der Waals surface area (Å²) in [7, 11) is 0. The van der Waals surface area contributed by atoms with E-state index in [0.717, 1.165) is 11.8 Å². The number of benzene rings is 1. The third-order valence-electron chi connectivity index (χ3n) is 3.65. The molecule has 2 aromatic rings. The normalized spacial score (nSPS) is 10.7. The first-order valence-electron chi connectivity index (χ1n) is 7.91. The van der Waals surface area contributed by atoms with E-state index in [9.17, 15) is 0 Å². The minimum Gasteiger partial charge on any atom is -0.488 e. The van der Waals surface area contributed by atoms with E-state index in [1.54, 1.807) is 0 Å². The molecule has 21 heavy (non-hydrogen) atoms. The monoisotopic (exact) mass is 285 g/mol. The first kappa shape index (κ1) is 15.4. The molecule has 0 bridgehead atoms. The molecule has 1 aromatic carbocycles. The van der Waals surface area contributed by atoms with E-state index in [4.69, 9.17) is 14.4 Å². The van der Waals surface area contributed by atoms with Gasteiger partial charge < -0.3 is 9.15 Å². The van der Waals surface area contributed by atoms with Gasteiger partial charge in [-0.05, 0) is 18.6 Å². The van der Waals surface area contributed by atoms with Crippen LogP contribution in [0.25, 0.3) is 11.0 Å². The molecule has 0 saturated carbocycles. The number of fused-ring (bicyclic) bond motifs is 1. The lowest BCUT2D eigenvalue weighted by Crippen LogP contribution is -1.98. The van der Waals surface area contributed by atoms with Crippen molar-refractivity contribution in [3.8, 4) is 11.8 Å². The van der Waals surface area contributed by atoms with Gasteiger partial charge in [0.2, 0.25) is 5.76 Å². The summed E-state index contributed by atoms with van der Waals surface area (Å²) in [4.78, 5) is 0. The lowest BCUT2D eigenvalue weighted by molar-refractivity contribution is 0.302. The van der Waals surface area contributed by atoms with E-state index in [0.29, 0.717) is 17.9 Å². The quantitative estimate of drug-likeness (QED) is 0.577. The van der Waals surface area contributed by atoms with Gasteiger partial charge in [0.05, 0.1) is 12.0 Å². The van der Waals surface area contributed by atoms with Gasteiger partial charge in [0.1, 0.15) is 11.7 Å². The van der Waals surface area contributed by atoms with Gasteiger partial charge in [-0.25, -0.2) is 0 Å². The third-order valence-corrected chi connectivity index (χ3v) is 3.65. The predicted molar refractivity (Wildman–Crippen MR) is 84.4 cm³/mol. The number of unbranched alkanes of at least 4 members (excludes halogenated alkanes) is 6. The summed E-state index contributed by atoms with van der Waals surface area (Å²) in [6, 6.07) is 9.68. The average Bonchev–Trinajstić information content (AvgIpc) is 2.88. The van der Waals surface area contributed by atoms with Crippen LogP contribution in [0.15, 0.2) is 28.7 Å². The van der Waals surface area contributed by atoms with Crippen molar-refractivity contribution in [2.45, 2.75) is 51.9 Å². The fraction of sp³-hybridized carbons (Fsp3) is 0.500.